The maximum Gasteiger partial charge on any atom is 0.188 e. The molecule has 3 N–H and O–H groups in total. The third-order valence-electron chi connectivity index (χ3n) is 4.03. The molecule has 146 valence electrons. The van der Waals surface area contributed by atoms with Crippen LogP contribution in [0.2, 0.25) is 0 Å². The molecule has 27 heavy (non-hydrogen) atoms. The highest BCUT2D eigenvalue weighted by Gasteiger charge is 2.05. The van der Waals surface area contributed by atoms with Crippen LogP contribution in [-0.4, -0.2) is 33.3 Å². The summed E-state index contributed by atoms with van der Waals surface area (Å²) < 4.78 is 16.3. The van der Waals surface area contributed by atoms with Crippen molar-refractivity contribution in [1.29, 1.82) is 0 Å². The quantitative estimate of drug-likeness (QED) is 0.496. The number of aliphatic imine (C=N–C) groups is 1. The van der Waals surface area contributed by atoms with Crippen LogP contribution in [0.5, 0.6) is 11.5 Å². The largest absolute Gasteiger partial charge is 0.493 e. The molecule has 0 aromatic heterocycles. The van der Waals surface area contributed by atoms with Gasteiger partial charge in [0.1, 0.15) is 0 Å². The molecule has 0 aliphatic heterocycles. The molecule has 2 aromatic carbocycles. The van der Waals surface area contributed by atoms with Gasteiger partial charge in [0.25, 0.3) is 0 Å². The van der Waals surface area contributed by atoms with Gasteiger partial charge in [-0.3, -0.25) is 0 Å². The van der Waals surface area contributed by atoms with Crippen LogP contribution >= 0.6 is 0 Å². The van der Waals surface area contributed by atoms with Gasteiger partial charge in [-0.2, -0.15) is 0 Å². The number of ether oxygens (including phenoxy) is 3. The third-order valence-corrected chi connectivity index (χ3v) is 4.03. The molecule has 6 heteroatoms. The first-order valence-corrected chi connectivity index (χ1v) is 8.98. The van der Waals surface area contributed by atoms with Gasteiger partial charge < -0.3 is 25.3 Å². The first-order valence-electron chi connectivity index (χ1n) is 8.98. The molecule has 0 heterocycles. The molecule has 0 saturated carbocycles. The summed E-state index contributed by atoms with van der Waals surface area (Å²) in [4.78, 5) is 4.37. The van der Waals surface area contributed by atoms with Crippen molar-refractivity contribution >= 4 is 5.96 Å². The number of methoxy groups -OCH3 is 2. The number of benzene rings is 2. The molecule has 0 aliphatic carbocycles. The number of nitrogens with one attached hydrogen (secondary N) is 1. The van der Waals surface area contributed by atoms with Crippen molar-refractivity contribution in [3.63, 3.8) is 0 Å². The summed E-state index contributed by atoms with van der Waals surface area (Å²) in [5.41, 5.74) is 8.13. The first-order chi connectivity index (χ1) is 13.1. The molecule has 6 nitrogen and oxygen atoms in total. The van der Waals surface area contributed by atoms with Crippen molar-refractivity contribution < 1.29 is 14.2 Å². The van der Waals surface area contributed by atoms with Crippen LogP contribution in [0, 0.1) is 5.92 Å². The molecule has 0 spiro atoms. The van der Waals surface area contributed by atoms with E-state index in [1.54, 1.807) is 14.2 Å². The van der Waals surface area contributed by atoms with E-state index >= 15 is 0 Å². The molecule has 0 saturated heterocycles. The molecule has 1 unspecified atom stereocenters. The highest BCUT2D eigenvalue weighted by molar-refractivity contribution is 5.77. The fourth-order valence-electron chi connectivity index (χ4n) is 2.50. The van der Waals surface area contributed by atoms with Crippen LogP contribution in [0.15, 0.2) is 53.5 Å². The Balaban J connectivity index is 1.72. The van der Waals surface area contributed by atoms with Crippen LogP contribution < -0.4 is 20.5 Å². The average Bonchev–Trinajstić information content (AvgIpc) is 2.71. The Morgan fingerprint density at radius 1 is 1.04 bits per heavy atom. The van der Waals surface area contributed by atoms with Gasteiger partial charge in [0.2, 0.25) is 0 Å². The predicted octanol–water partition coefficient (Wildman–Crippen LogP) is 2.96. The van der Waals surface area contributed by atoms with Crippen molar-refractivity contribution in [2.75, 3.05) is 27.4 Å². The summed E-state index contributed by atoms with van der Waals surface area (Å²) >= 11 is 0. The van der Waals surface area contributed by atoms with Gasteiger partial charge in [0.15, 0.2) is 17.5 Å². The van der Waals surface area contributed by atoms with Crippen LogP contribution in [0.3, 0.4) is 0 Å². The monoisotopic (exact) mass is 371 g/mol. The Hall–Kier alpha value is -2.73. The lowest BCUT2D eigenvalue weighted by Gasteiger charge is -2.14. The van der Waals surface area contributed by atoms with E-state index in [1.807, 2.05) is 36.4 Å². The summed E-state index contributed by atoms with van der Waals surface area (Å²) in [6, 6.07) is 15.8. The van der Waals surface area contributed by atoms with Gasteiger partial charge in [0, 0.05) is 6.54 Å². The lowest BCUT2D eigenvalue weighted by Crippen LogP contribution is -2.35. The van der Waals surface area contributed by atoms with Crippen molar-refractivity contribution in [2.24, 2.45) is 16.6 Å². The van der Waals surface area contributed by atoms with Gasteiger partial charge in [-0.15, -0.1) is 0 Å². The van der Waals surface area contributed by atoms with Gasteiger partial charge in [0.05, 0.1) is 34.0 Å². The standard InChI is InChI=1S/C21H29N3O3/c1-16(14-27-15-17-7-5-4-6-8-17)12-23-21(22)24-13-18-9-10-19(25-2)20(11-18)26-3/h4-11,16H,12-15H2,1-3H3,(H3,22,23,24). The summed E-state index contributed by atoms with van der Waals surface area (Å²) in [5, 5.41) is 3.14. The van der Waals surface area contributed by atoms with E-state index in [2.05, 4.69) is 29.4 Å². The molecular formula is C21H29N3O3. The van der Waals surface area contributed by atoms with E-state index in [4.69, 9.17) is 19.9 Å². The highest BCUT2D eigenvalue weighted by Crippen LogP contribution is 2.27. The Bertz CT molecular complexity index is 720. The molecule has 0 amide bonds. The van der Waals surface area contributed by atoms with Gasteiger partial charge >= 0.3 is 0 Å². The lowest BCUT2D eigenvalue weighted by molar-refractivity contribution is 0.0931. The zero-order chi connectivity index (χ0) is 19.5. The molecule has 2 rings (SSSR count). The summed E-state index contributed by atoms with van der Waals surface area (Å²) in [7, 11) is 3.23. The minimum atomic E-state index is 0.323. The minimum Gasteiger partial charge on any atom is -0.493 e. The van der Waals surface area contributed by atoms with Crippen LogP contribution in [0.1, 0.15) is 18.1 Å². The fourth-order valence-corrected chi connectivity index (χ4v) is 2.50. The number of nitrogens with zero attached hydrogens (tertiary/aromatic N) is 1. The average molecular weight is 371 g/mol. The number of rotatable bonds is 10. The molecule has 1 atom stereocenters. The summed E-state index contributed by atoms with van der Waals surface area (Å²) in [6.45, 7) is 4.56. The smallest absolute Gasteiger partial charge is 0.188 e. The van der Waals surface area contributed by atoms with Crippen molar-refractivity contribution in [3.05, 3.63) is 59.7 Å². The second-order valence-corrected chi connectivity index (χ2v) is 6.38. The van der Waals surface area contributed by atoms with Crippen molar-refractivity contribution in [3.8, 4) is 11.5 Å². The maximum absolute atomic E-state index is 5.96. The third kappa shape index (κ3) is 7.19. The molecule has 0 radical (unpaired) electrons. The van der Waals surface area contributed by atoms with E-state index in [0.717, 1.165) is 5.56 Å². The van der Waals surface area contributed by atoms with E-state index in [9.17, 15) is 0 Å². The number of nitrogens with two attached hydrogens (primary N) is 1. The molecule has 0 fully saturated rings. The van der Waals surface area contributed by atoms with Gasteiger partial charge in [-0.05, 0) is 29.2 Å². The maximum atomic E-state index is 5.96. The Morgan fingerprint density at radius 2 is 1.78 bits per heavy atom. The Morgan fingerprint density at radius 3 is 2.48 bits per heavy atom. The molecule has 0 bridgehead atoms. The molecular weight excluding hydrogens is 342 g/mol. The number of guanidine groups is 1. The van der Waals surface area contributed by atoms with Crippen LogP contribution in [0.25, 0.3) is 0 Å². The predicted molar refractivity (Wildman–Crippen MR) is 108 cm³/mol. The highest BCUT2D eigenvalue weighted by atomic mass is 16.5. The normalized spacial score (nSPS) is 12.5. The number of hydrogen-bond donors (Lipinski definition) is 2. The van der Waals surface area contributed by atoms with E-state index in [1.165, 1.54) is 5.56 Å². The van der Waals surface area contributed by atoms with Crippen molar-refractivity contribution in [2.45, 2.75) is 20.1 Å². The fraction of sp³-hybridized carbons (Fsp3) is 0.381. The first kappa shape index (κ1) is 20.6. The van der Waals surface area contributed by atoms with Crippen LogP contribution in [0.4, 0.5) is 0 Å². The van der Waals surface area contributed by atoms with E-state index < -0.39 is 0 Å². The SMILES string of the molecule is COc1ccc(CN=C(N)NCC(C)COCc2ccccc2)cc1OC. The van der Waals surface area contributed by atoms with Gasteiger partial charge in [-0.25, -0.2) is 4.99 Å². The topological polar surface area (TPSA) is 78.1 Å². The van der Waals surface area contributed by atoms with Gasteiger partial charge in [-0.1, -0.05) is 43.3 Å². The van der Waals surface area contributed by atoms with Crippen molar-refractivity contribution in [1.82, 2.24) is 5.32 Å². The zero-order valence-electron chi connectivity index (χ0n) is 16.3. The second-order valence-electron chi connectivity index (χ2n) is 6.38. The Labute approximate surface area is 161 Å². The minimum absolute atomic E-state index is 0.323. The van der Waals surface area contributed by atoms with E-state index in [0.29, 0.717) is 49.7 Å². The second kappa shape index (κ2) is 11.1. The zero-order valence-corrected chi connectivity index (χ0v) is 16.3. The van der Waals surface area contributed by atoms with Crippen LogP contribution in [-0.2, 0) is 17.9 Å². The molecule has 2 aromatic rings. The Kier molecular flexibility index (Phi) is 8.45. The molecule has 0 aliphatic rings. The number of hydrogen-bond acceptors (Lipinski definition) is 4. The summed E-state index contributed by atoms with van der Waals surface area (Å²) in [6.07, 6.45) is 0. The lowest BCUT2D eigenvalue weighted by atomic mass is 10.2. The summed E-state index contributed by atoms with van der Waals surface area (Å²) in [5.74, 6) is 2.12. The van der Waals surface area contributed by atoms with E-state index in [-0.39, 0.29) is 0 Å².